The molecule has 1 aliphatic heterocycles. The van der Waals surface area contributed by atoms with Crippen LogP contribution in [0.25, 0.3) is 16.9 Å². The fraction of sp³-hybridized carbons (Fsp3) is 0.312. The van der Waals surface area contributed by atoms with Gasteiger partial charge in [-0.2, -0.15) is 9.61 Å². The highest BCUT2D eigenvalue weighted by Gasteiger charge is 2.21. The van der Waals surface area contributed by atoms with Crippen LogP contribution in [0, 0.1) is 0 Å². The van der Waals surface area contributed by atoms with E-state index in [1.807, 2.05) is 34.8 Å². The molecule has 1 aromatic carbocycles. The minimum absolute atomic E-state index is 0.396. The average molecular weight is 279 g/mol. The minimum atomic E-state index is 0.396. The lowest BCUT2D eigenvalue weighted by molar-refractivity contribution is 0.440. The summed E-state index contributed by atoms with van der Waals surface area (Å²) in [5.41, 5.74) is 2.88. The Kier molecular flexibility index (Phi) is 3.12. The summed E-state index contributed by atoms with van der Waals surface area (Å²) >= 11 is 0. The lowest BCUT2D eigenvalue weighted by atomic mass is 9.99. The van der Waals surface area contributed by atoms with E-state index < -0.39 is 0 Å². The lowest BCUT2D eigenvalue weighted by Crippen LogP contribution is -2.29. The molecule has 3 heterocycles. The van der Waals surface area contributed by atoms with Crippen molar-refractivity contribution >= 4 is 5.65 Å². The second-order valence-electron chi connectivity index (χ2n) is 5.46. The number of benzene rings is 1. The van der Waals surface area contributed by atoms with Gasteiger partial charge in [-0.3, -0.25) is 0 Å². The Morgan fingerprint density at radius 3 is 2.76 bits per heavy atom. The summed E-state index contributed by atoms with van der Waals surface area (Å²) in [6.45, 7) is 2.05. The maximum absolute atomic E-state index is 4.74. The van der Waals surface area contributed by atoms with Crippen LogP contribution in [0.3, 0.4) is 0 Å². The summed E-state index contributed by atoms with van der Waals surface area (Å²) in [6.07, 6.45) is 2.32. The second kappa shape index (κ2) is 5.26. The van der Waals surface area contributed by atoms with Crippen LogP contribution in [0.1, 0.15) is 24.6 Å². The maximum Gasteiger partial charge on any atom is 0.177 e. The number of nitrogens with one attached hydrogen (secondary N) is 1. The second-order valence-corrected chi connectivity index (χ2v) is 5.46. The summed E-state index contributed by atoms with van der Waals surface area (Å²) in [5, 5.41) is 16.8. The molecule has 0 saturated carbocycles. The van der Waals surface area contributed by atoms with Crippen LogP contribution in [-0.4, -0.2) is 32.9 Å². The van der Waals surface area contributed by atoms with Crippen molar-refractivity contribution in [2.24, 2.45) is 0 Å². The Balaban J connectivity index is 1.79. The molecule has 5 heteroatoms. The normalized spacial score (nSPS) is 19.0. The van der Waals surface area contributed by atoms with Gasteiger partial charge in [0.1, 0.15) is 0 Å². The van der Waals surface area contributed by atoms with Gasteiger partial charge in [-0.1, -0.05) is 30.3 Å². The van der Waals surface area contributed by atoms with Gasteiger partial charge in [0.05, 0.1) is 5.69 Å². The predicted octanol–water partition coefficient (Wildman–Crippen LogP) is 2.26. The van der Waals surface area contributed by atoms with E-state index in [9.17, 15) is 0 Å². The first-order valence-electron chi connectivity index (χ1n) is 7.40. The van der Waals surface area contributed by atoms with Gasteiger partial charge in [0, 0.05) is 18.0 Å². The van der Waals surface area contributed by atoms with Gasteiger partial charge in [0.25, 0.3) is 0 Å². The number of piperidine rings is 1. The Labute approximate surface area is 123 Å². The van der Waals surface area contributed by atoms with Gasteiger partial charge in [-0.15, -0.1) is 10.2 Å². The molecule has 21 heavy (non-hydrogen) atoms. The van der Waals surface area contributed by atoms with E-state index in [1.54, 1.807) is 0 Å². The van der Waals surface area contributed by atoms with Gasteiger partial charge >= 0.3 is 0 Å². The summed E-state index contributed by atoms with van der Waals surface area (Å²) < 4.78 is 1.90. The highest BCUT2D eigenvalue weighted by atomic mass is 15.4. The van der Waals surface area contributed by atoms with Crippen molar-refractivity contribution in [1.29, 1.82) is 0 Å². The van der Waals surface area contributed by atoms with Crippen LogP contribution in [0.4, 0.5) is 0 Å². The van der Waals surface area contributed by atoms with Crippen LogP contribution in [-0.2, 0) is 0 Å². The Morgan fingerprint density at radius 2 is 1.95 bits per heavy atom. The van der Waals surface area contributed by atoms with E-state index in [0.29, 0.717) is 5.92 Å². The average Bonchev–Trinajstić information content (AvgIpc) is 2.99. The van der Waals surface area contributed by atoms with E-state index in [2.05, 4.69) is 27.6 Å². The molecule has 1 atom stereocenters. The zero-order chi connectivity index (χ0) is 14.1. The zero-order valence-corrected chi connectivity index (χ0v) is 11.7. The molecule has 1 fully saturated rings. The lowest BCUT2D eigenvalue weighted by Gasteiger charge is -2.20. The van der Waals surface area contributed by atoms with Crippen molar-refractivity contribution in [3.8, 4) is 11.3 Å². The Hall–Kier alpha value is -2.27. The predicted molar refractivity (Wildman–Crippen MR) is 81.1 cm³/mol. The molecule has 1 saturated heterocycles. The third kappa shape index (κ3) is 2.29. The first-order valence-corrected chi connectivity index (χ1v) is 7.40. The van der Waals surface area contributed by atoms with Crippen molar-refractivity contribution in [3.63, 3.8) is 0 Å². The first kappa shape index (κ1) is 12.5. The quantitative estimate of drug-likeness (QED) is 0.782. The van der Waals surface area contributed by atoms with Gasteiger partial charge in [-0.25, -0.2) is 0 Å². The van der Waals surface area contributed by atoms with Crippen molar-refractivity contribution in [2.75, 3.05) is 13.1 Å². The molecule has 0 bridgehead atoms. The van der Waals surface area contributed by atoms with Crippen molar-refractivity contribution in [2.45, 2.75) is 18.8 Å². The largest absolute Gasteiger partial charge is 0.316 e. The number of hydrogen-bond donors (Lipinski definition) is 1. The third-order valence-corrected chi connectivity index (χ3v) is 4.02. The number of nitrogens with zero attached hydrogens (tertiary/aromatic N) is 4. The van der Waals surface area contributed by atoms with Crippen LogP contribution in [0.5, 0.6) is 0 Å². The molecule has 0 amide bonds. The van der Waals surface area contributed by atoms with E-state index in [-0.39, 0.29) is 0 Å². The number of rotatable bonds is 2. The number of aromatic nitrogens is 4. The molecular weight excluding hydrogens is 262 g/mol. The Bertz CT molecular complexity index is 744. The number of fused-ring (bicyclic) bond motifs is 1. The topological polar surface area (TPSA) is 55.1 Å². The molecule has 0 unspecified atom stereocenters. The van der Waals surface area contributed by atoms with Crippen molar-refractivity contribution in [3.05, 3.63) is 48.3 Å². The maximum atomic E-state index is 4.74. The summed E-state index contributed by atoms with van der Waals surface area (Å²) in [7, 11) is 0. The van der Waals surface area contributed by atoms with Crippen LogP contribution < -0.4 is 5.32 Å². The standard InChI is InChI=1S/C16H17N5/c1-2-5-12(6-3-1)14-8-9-15-18-19-16(21(15)20-14)13-7-4-10-17-11-13/h1-3,5-6,8-9,13,17H,4,7,10-11H2/t13-/m0/s1. The highest BCUT2D eigenvalue weighted by molar-refractivity contribution is 5.59. The van der Waals surface area contributed by atoms with Gasteiger partial charge in [0.2, 0.25) is 0 Å². The van der Waals surface area contributed by atoms with E-state index in [1.165, 1.54) is 6.42 Å². The van der Waals surface area contributed by atoms with Crippen LogP contribution in [0.2, 0.25) is 0 Å². The van der Waals surface area contributed by atoms with E-state index >= 15 is 0 Å². The fourth-order valence-corrected chi connectivity index (χ4v) is 2.90. The van der Waals surface area contributed by atoms with E-state index in [4.69, 9.17) is 5.10 Å². The summed E-state index contributed by atoms with van der Waals surface area (Å²) in [6, 6.07) is 14.2. The molecule has 2 aromatic heterocycles. The monoisotopic (exact) mass is 279 g/mol. The molecule has 4 rings (SSSR count). The van der Waals surface area contributed by atoms with Crippen molar-refractivity contribution in [1.82, 2.24) is 25.1 Å². The molecule has 0 spiro atoms. The zero-order valence-electron chi connectivity index (χ0n) is 11.7. The first-order chi connectivity index (χ1) is 10.4. The highest BCUT2D eigenvalue weighted by Crippen LogP contribution is 2.23. The SMILES string of the molecule is c1ccc(-c2ccc3nnc([C@H]4CCCNC4)n3n2)cc1. The molecular formula is C16H17N5. The molecule has 0 aliphatic carbocycles. The van der Waals surface area contributed by atoms with Gasteiger partial charge in [0.15, 0.2) is 11.5 Å². The smallest absolute Gasteiger partial charge is 0.177 e. The minimum Gasteiger partial charge on any atom is -0.316 e. The fourth-order valence-electron chi connectivity index (χ4n) is 2.90. The Morgan fingerprint density at radius 1 is 1.05 bits per heavy atom. The molecule has 106 valence electrons. The third-order valence-electron chi connectivity index (χ3n) is 4.02. The molecule has 3 aromatic rings. The van der Waals surface area contributed by atoms with Crippen LogP contribution in [0.15, 0.2) is 42.5 Å². The van der Waals surface area contributed by atoms with Gasteiger partial charge < -0.3 is 5.32 Å². The molecule has 0 radical (unpaired) electrons. The summed E-state index contributed by atoms with van der Waals surface area (Å²) in [4.78, 5) is 0. The summed E-state index contributed by atoms with van der Waals surface area (Å²) in [5.74, 6) is 1.36. The van der Waals surface area contributed by atoms with E-state index in [0.717, 1.165) is 42.2 Å². The molecule has 1 aliphatic rings. The number of hydrogen-bond acceptors (Lipinski definition) is 4. The van der Waals surface area contributed by atoms with Crippen molar-refractivity contribution < 1.29 is 0 Å². The molecule has 5 nitrogen and oxygen atoms in total. The van der Waals surface area contributed by atoms with Gasteiger partial charge in [-0.05, 0) is 31.5 Å². The van der Waals surface area contributed by atoms with Crippen LogP contribution >= 0.6 is 0 Å². The molecule has 1 N–H and O–H groups in total.